The maximum atomic E-state index is 12.8. The third-order valence-corrected chi connectivity index (χ3v) is 5.52. The molecule has 0 fully saturated rings. The number of sulfone groups is 1. The zero-order chi connectivity index (χ0) is 16.7. The van der Waals surface area contributed by atoms with Gasteiger partial charge in [-0.15, -0.1) is 0 Å². The van der Waals surface area contributed by atoms with E-state index in [1.165, 1.54) is 17.7 Å². The van der Waals surface area contributed by atoms with E-state index in [4.69, 9.17) is 0 Å². The highest BCUT2D eigenvalue weighted by molar-refractivity contribution is 9.10. The first-order chi connectivity index (χ1) is 10.1. The molecule has 0 saturated carbocycles. The van der Waals surface area contributed by atoms with Gasteiger partial charge < -0.3 is 4.57 Å². The molecule has 22 heavy (non-hydrogen) atoms. The van der Waals surface area contributed by atoms with Crippen LogP contribution in [-0.4, -0.2) is 28.7 Å². The minimum absolute atomic E-state index is 0.108. The minimum Gasteiger partial charge on any atom is -0.321 e. The van der Waals surface area contributed by atoms with Crippen LogP contribution in [0.2, 0.25) is 0 Å². The van der Waals surface area contributed by atoms with Crippen molar-refractivity contribution in [2.45, 2.75) is 18.0 Å². The van der Waals surface area contributed by atoms with Gasteiger partial charge in [0.25, 0.3) is 0 Å². The molecule has 0 radical (unpaired) electrons. The van der Waals surface area contributed by atoms with Crippen LogP contribution in [-0.2, 0) is 23.1 Å². The summed E-state index contributed by atoms with van der Waals surface area (Å²) in [6.45, 7) is 1.35. The monoisotopic (exact) mass is 397 g/mol. The standard InChI is InChI=1S/C12H11BrF3N3O2S/c1-3-22(20,21)8-4-7(12(14,15)16)5-17-10(8)11-18-6-9(13)19(11)2/h4-6H,3H2,1-2H3. The van der Waals surface area contributed by atoms with Gasteiger partial charge in [0.05, 0.1) is 22.4 Å². The van der Waals surface area contributed by atoms with Crippen LogP contribution in [0, 0.1) is 0 Å². The molecular formula is C12H11BrF3N3O2S. The van der Waals surface area contributed by atoms with Crippen LogP contribution >= 0.6 is 15.9 Å². The molecule has 2 aromatic rings. The average molecular weight is 398 g/mol. The van der Waals surface area contributed by atoms with Gasteiger partial charge in [-0.05, 0) is 22.0 Å². The van der Waals surface area contributed by atoms with Gasteiger partial charge in [0.15, 0.2) is 15.7 Å². The number of alkyl halides is 3. The van der Waals surface area contributed by atoms with E-state index in [1.807, 2.05) is 0 Å². The van der Waals surface area contributed by atoms with Crippen LogP contribution in [0.1, 0.15) is 12.5 Å². The quantitative estimate of drug-likeness (QED) is 0.798. The molecule has 0 saturated heterocycles. The van der Waals surface area contributed by atoms with Crippen molar-refractivity contribution in [3.63, 3.8) is 0 Å². The predicted octanol–water partition coefficient (Wildman–Crippen LogP) is 3.06. The summed E-state index contributed by atoms with van der Waals surface area (Å²) in [5, 5.41) is 0. The van der Waals surface area contributed by atoms with E-state index in [-0.39, 0.29) is 17.3 Å². The molecule has 0 atom stereocenters. The fourth-order valence-electron chi connectivity index (χ4n) is 1.77. The maximum absolute atomic E-state index is 12.8. The molecule has 0 amide bonds. The molecule has 120 valence electrons. The molecule has 0 unspecified atom stereocenters. The van der Waals surface area contributed by atoms with Gasteiger partial charge >= 0.3 is 6.18 Å². The normalized spacial score (nSPS) is 12.6. The first kappa shape index (κ1) is 16.9. The number of aromatic nitrogens is 3. The maximum Gasteiger partial charge on any atom is 0.417 e. The number of hydrogen-bond acceptors (Lipinski definition) is 4. The summed E-state index contributed by atoms with van der Waals surface area (Å²) >= 11 is 3.19. The van der Waals surface area contributed by atoms with Crippen LogP contribution in [0.15, 0.2) is 28.0 Å². The Labute approximate surface area is 133 Å². The fourth-order valence-corrected chi connectivity index (χ4v) is 3.10. The Hall–Kier alpha value is -1.42. The zero-order valence-electron chi connectivity index (χ0n) is 11.5. The van der Waals surface area contributed by atoms with Gasteiger partial charge in [-0.25, -0.2) is 13.4 Å². The number of imidazole rings is 1. The van der Waals surface area contributed by atoms with Crippen molar-refractivity contribution in [1.29, 1.82) is 0 Å². The lowest BCUT2D eigenvalue weighted by Gasteiger charge is -2.12. The third kappa shape index (κ3) is 3.02. The lowest BCUT2D eigenvalue weighted by molar-refractivity contribution is -0.138. The lowest BCUT2D eigenvalue weighted by Crippen LogP contribution is -2.13. The number of hydrogen-bond donors (Lipinski definition) is 0. The van der Waals surface area contributed by atoms with Crippen molar-refractivity contribution in [1.82, 2.24) is 14.5 Å². The molecule has 2 heterocycles. The van der Waals surface area contributed by atoms with Crippen LogP contribution in [0.3, 0.4) is 0 Å². The minimum atomic E-state index is -4.67. The predicted molar refractivity (Wildman–Crippen MR) is 76.9 cm³/mol. The van der Waals surface area contributed by atoms with Crippen molar-refractivity contribution >= 4 is 25.8 Å². The molecule has 0 aliphatic carbocycles. The van der Waals surface area contributed by atoms with Crippen LogP contribution in [0.4, 0.5) is 13.2 Å². The van der Waals surface area contributed by atoms with Gasteiger partial charge in [0, 0.05) is 13.2 Å². The van der Waals surface area contributed by atoms with Crippen molar-refractivity contribution in [3.05, 3.63) is 28.6 Å². The number of halogens is 4. The SMILES string of the molecule is CCS(=O)(=O)c1cc(C(F)(F)F)cnc1-c1ncc(Br)n1C. The van der Waals surface area contributed by atoms with Gasteiger partial charge in [-0.3, -0.25) is 4.98 Å². The Bertz CT molecular complexity index is 816. The molecule has 0 aromatic carbocycles. The Morgan fingerprint density at radius 1 is 1.27 bits per heavy atom. The molecule has 0 N–H and O–H groups in total. The van der Waals surface area contributed by atoms with E-state index >= 15 is 0 Å². The molecule has 0 aliphatic rings. The third-order valence-electron chi connectivity index (χ3n) is 3.04. The first-order valence-electron chi connectivity index (χ1n) is 6.05. The molecule has 2 aromatic heterocycles. The van der Waals surface area contributed by atoms with Crippen molar-refractivity contribution in [2.24, 2.45) is 7.05 Å². The molecule has 0 spiro atoms. The van der Waals surface area contributed by atoms with Gasteiger partial charge in [0.2, 0.25) is 0 Å². The van der Waals surface area contributed by atoms with E-state index in [0.29, 0.717) is 16.9 Å². The fraction of sp³-hybridized carbons (Fsp3) is 0.333. The topological polar surface area (TPSA) is 64.8 Å². The molecule has 5 nitrogen and oxygen atoms in total. The highest BCUT2D eigenvalue weighted by Crippen LogP contribution is 2.34. The zero-order valence-corrected chi connectivity index (χ0v) is 13.9. The summed E-state index contributed by atoms with van der Waals surface area (Å²) in [6, 6.07) is 0.601. The average Bonchev–Trinajstić information content (AvgIpc) is 2.77. The molecule has 0 bridgehead atoms. The Kier molecular flexibility index (Phi) is 4.35. The first-order valence-corrected chi connectivity index (χ1v) is 8.50. The summed E-state index contributed by atoms with van der Waals surface area (Å²) in [6.07, 6.45) is -2.66. The van der Waals surface area contributed by atoms with Crippen molar-refractivity contribution in [3.8, 4) is 11.5 Å². The van der Waals surface area contributed by atoms with Gasteiger partial charge in [0.1, 0.15) is 10.3 Å². The second kappa shape index (κ2) is 5.65. The second-order valence-corrected chi connectivity index (χ2v) is 7.49. The Morgan fingerprint density at radius 2 is 1.91 bits per heavy atom. The van der Waals surface area contributed by atoms with Crippen LogP contribution in [0.25, 0.3) is 11.5 Å². The molecule has 10 heteroatoms. The number of rotatable bonds is 3. The van der Waals surface area contributed by atoms with Gasteiger partial charge in [-0.2, -0.15) is 13.2 Å². The van der Waals surface area contributed by atoms with E-state index in [0.717, 1.165) is 0 Å². The molecule has 0 aliphatic heterocycles. The summed E-state index contributed by atoms with van der Waals surface area (Å²) < 4.78 is 64.8. The highest BCUT2D eigenvalue weighted by Gasteiger charge is 2.34. The summed E-state index contributed by atoms with van der Waals surface area (Å²) in [5.41, 5.74) is -1.22. The molecule has 2 rings (SSSR count). The molecular weight excluding hydrogens is 387 g/mol. The van der Waals surface area contributed by atoms with E-state index in [9.17, 15) is 21.6 Å². The van der Waals surface area contributed by atoms with Crippen molar-refractivity contribution in [2.75, 3.05) is 5.75 Å². The van der Waals surface area contributed by atoms with Crippen LogP contribution in [0.5, 0.6) is 0 Å². The van der Waals surface area contributed by atoms with Crippen molar-refractivity contribution < 1.29 is 21.6 Å². The Balaban J connectivity index is 2.78. The lowest BCUT2D eigenvalue weighted by atomic mass is 10.2. The summed E-state index contributed by atoms with van der Waals surface area (Å²) in [4.78, 5) is 7.21. The second-order valence-electron chi connectivity index (χ2n) is 4.44. The van der Waals surface area contributed by atoms with E-state index in [1.54, 1.807) is 7.05 Å². The van der Waals surface area contributed by atoms with Gasteiger partial charge in [-0.1, -0.05) is 6.92 Å². The Morgan fingerprint density at radius 3 is 2.36 bits per heavy atom. The smallest absolute Gasteiger partial charge is 0.321 e. The summed E-state index contributed by atoms with van der Waals surface area (Å²) in [7, 11) is -2.31. The summed E-state index contributed by atoms with van der Waals surface area (Å²) in [5.74, 6) is -0.179. The highest BCUT2D eigenvalue weighted by atomic mass is 79.9. The van der Waals surface area contributed by atoms with E-state index in [2.05, 4.69) is 25.9 Å². The number of pyridine rings is 1. The largest absolute Gasteiger partial charge is 0.417 e. The van der Waals surface area contributed by atoms with E-state index < -0.39 is 26.5 Å². The number of nitrogens with zero attached hydrogens (tertiary/aromatic N) is 3. The van der Waals surface area contributed by atoms with Crippen LogP contribution < -0.4 is 0 Å².